The van der Waals surface area contributed by atoms with Crippen LogP contribution in [-0.4, -0.2) is 31.6 Å². The molecule has 5 nitrogen and oxygen atoms in total. The molecule has 102 valence electrons. The smallest absolute Gasteiger partial charge is 0.253 e. The molecule has 1 saturated heterocycles. The molecule has 0 bridgehead atoms. The van der Waals surface area contributed by atoms with E-state index >= 15 is 0 Å². The summed E-state index contributed by atoms with van der Waals surface area (Å²) in [5.41, 5.74) is 2.60. The predicted octanol–water partition coefficient (Wildman–Crippen LogP) is 1.71. The predicted molar refractivity (Wildman–Crippen MR) is 73.3 cm³/mol. The molecule has 5 heteroatoms. The van der Waals surface area contributed by atoms with Crippen molar-refractivity contribution in [3.05, 3.63) is 23.8 Å². The second kappa shape index (κ2) is 5.84. The number of rotatable bonds is 3. The number of hydrogen-bond donors (Lipinski definition) is 1. The fourth-order valence-corrected chi connectivity index (χ4v) is 2.06. The molecule has 1 aliphatic heterocycles. The molecule has 1 N–H and O–H groups in total. The summed E-state index contributed by atoms with van der Waals surface area (Å²) in [6.45, 7) is 5.00. The Morgan fingerprint density at radius 1 is 1.47 bits per heavy atom. The van der Waals surface area contributed by atoms with Crippen molar-refractivity contribution in [3.8, 4) is 0 Å². The van der Waals surface area contributed by atoms with E-state index in [2.05, 4.69) is 5.32 Å². The second-order valence-electron chi connectivity index (χ2n) is 4.50. The molecule has 1 heterocycles. The van der Waals surface area contributed by atoms with Crippen molar-refractivity contribution in [1.82, 2.24) is 0 Å². The number of aryl methyl sites for hydroxylation is 1. The lowest BCUT2D eigenvalue weighted by atomic mass is 10.1. The number of anilines is 2. The molecule has 19 heavy (non-hydrogen) atoms. The molecular weight excluding hydrogens is 244 g/mol. The molecule has 0 aromatic heterocycles. The average Bonchev–Trinajstić information content (AvgIpc) is 2.40. The quantitative estimate of drug-likeness (QED) is 0.902. The van der Waals surface area contributed by atoms with E-state index < -0.39 is 0 Å². The monoisotopic (exact) mass is 262 g/mol. The van der Waals surface area contributed by atoms with Crippen LogP contribution in [0.5, 0.6) is 0 Å². The van der Waals surface area contributed by atoms with Gasteiger partial charge in [-0.15, -0.1) is 0 Å². The van der Waals surface area contributed by atoms with Crippen LogP contribution in [0.15, 0.2) is 18.2 Å². The van der Waals surface area contributed by atoms with Gasteiger partial charge >= 0.3 is 0 Å². The lowest BCUT2D eigenvalue weighted by Gasteiger charge is -2.28. The van der Waals surface area contributed by atoms with Crippen LogP contribution in [-0.2, 0) is 14.3 Å². The van der Waals surface area contributed by atoms with Crippen LogP contribution in [0.1, 0.15) is 18.9 Å². The highest BCUT2D eigenvalue weighted by molar-refractivity contribution is 5.96. The van der Waals surface area contributed by atoms with Gasteiger partial charge in [-0.1, -0.05) is 6.92 Å². The van der Waals surface area contributed by atoms with Crippen molar-refractivity contribution < 1.29 is 14.3 Å². The van der Waals surface area contributed by atoms with E-state index in [9.17, 15) is 9.59 Å². The summed E-state index contributed by atoms with van der Waals surface area (Å²) in [4.78, 5) is 24.9. The zero-order valence-electron chi connectivity index (χ0n) is 11.2. The van der Waals surface area contributed by atoms with Gasteiger partial charge in [-0.25, -0.2) is 0 Å². The summed E-state index contributed by atoms with van der Waals surface area (Å²) >= 11 is 0. The summed E-state index contributed by atoms with van der Waals surface area (Å²) in [6, 6.07) is 5.56. The molecular formula is C14H18N2O3. The molecule has 1 aromatic carbocycles. The third kappa shape index (κ3) is 3.12. The van der Waals surface area contributed by atoms with Crippen molar-refractivity contribution >= 4 is 23.2 Å². The van der Waals surface area contributed by atoms with Gasteiger partial charge in [-0.3, -0.25) is 9.59 Å². The van der Waals surface area contributed by atoms with E-state index in [1.807, 2.05) is 32.0 Å². The topological polar surface area (TPSA) is 58.6 Å². The molecule has 2 amide bonds. The van der Waals surface area contributed by atoms with Gasteiger partial charge in [0.15, 0.2) is 0 Å². The number of ether oxygens (including phenoxy) is 1. The number of nitrogens with zero attached hydrogens (tertiary/aromatic N) is 1. The number of nitrogens with one attached hydrogen (secondary N) is 1. The minimum atomic E-state index is -0.0281. The first-order valence-corrected chi connectivity index (χ1v) is 6.40. The molecule has 0 atom stereocenters. The van der Waals surface area contributed by atoms with Gasteiger partial charge in [0, 0.05) is 24.3 Å². The lowest BCUT2D eigenvalue weighted by molar-refractivity contribution is -0.125. The Morgan fingerprint density at radius 2 is 2.26 bits per heavy atom. The summed E-state index contributed by atoms with van der Waals surface area (Å²) in [6.07, 6.45) is 0.447. The fraction of sp³-hybridized carbons (Fsp3) is 0.429. The van der Waals surface area contributed by atoms with Crippen molar-refractivity contribution in [2.24, 2.45) is 0 Å². The van der Waals surface area contributed by atoms with Crippen LogP contribution in [0.4, 0.5) is 11.4 Å². The zero-order chi connectivity index (χ0) is 13.8. The standard InChI is InChI=1S/C14H18N2O3/c1-3-13(17)15-11-4-5-12(10(2)8-11)16-6-7-19-9-14(16)18/h4-5,8H,3,6-7,9H2,1-2H3,(H,15,17). The van der Waals surface area contributed by atoms with Crippen LogP contribution in [0.2, 0.25) is 0 Å². The highest BCUT2D eigenvalue weighted by Crippen LogP contribution is 2.24. The number of hydrogen-bond acceptors (Lipinski definition) is 3. The molecule has 0 radical (unpaired) electrons. The van der Waals surface area contributed by atoms with Crippen LogP contribution in [0.25, 0.3) is 0 Å². The number of morpholine rings is 1. The first kappa shape index (κ1) is 13.5. The summed E-state index contributed by atoms with van der Waals surface area (Å²) in [5, 5.41) is 2.81. The molecule has 1 aromatic rings. The van der Waals surface area contributed by atoms with Crippen LogP contribution in [0.3, 0.4) is 0 Å². The normalized spacial score (nSPS) is 15.5. The SMILES string of the molecule is CCC(=O)Nc1ccc(N2CCOCC2=O)c(C)c1. The lowest BCUT2D eigenvalue weighted by Crippen LogP contribution is -2.42. The van der Waals surface area contributed by atoms with Gasteiger partial charge in [0.25, 0.3) is 5.91 Å². The van der Waals surface area contributed by atoms with Crippen LogP contribution < -0.4 is 10.2 Å². The molecule has 0 aliphatic carbocycles. The highest BCUT2D eigenvalue weighted by Gasteiger charge is 2.21. The first-order valence-electron chi connectivity index (χ1n) is 6.40. The number of amides is 2. The van der Waals surface area contributed by atoms with E-state index in [1.165, 1.54) is 0 Å². The van der Waals surface area contributed by atoms with Gasteiger partial charge in [-0.05, 0) is 30.7 Å². The molecule has 0 unspecified atom stereocenters. The maximum Gasteiger partial charge on any atom is 0.253 e. The Morgan fingerprint density at radius 3 is 2.89 bits per heavy atom. The third-order valence-corrected chi connectivity index (χ3v) is 3.08. The van der Waals surface area contributed by atoms with Crippen molar-refractivity contribution in [2.45, 2.75) is 20.3 Å². The third-order valence-electron chi connectivity index (χ3n) is 3.08. The average molecular weight is 262 g/mol. The Hall–Kier alpha value is -1.88. The Labute approximate surface area is 112 Å². The highest BCUT2D eigenvalue weighted by atomic mass is 16.5. The van der Waals surface area contributed by atoms with Gasteiger partial charge in [-0.2, -0.15) is 0 Å². The molecule has 1 aliphatic rings. The first-order chi connectivity index (χ1) is 9.11. The van der Waals surface area contributed by atoms with Gasteiger partial charge in [0.05, 0.1) is 6.61 Å². The Kier molecular flexibility index (Phi) is 4.16. The van der Waals surface area contributed by atoms with E-state index in [0.29, 0.717) is 19.6 Å². The maximum absolute atomic E-state index is 11.8. The largest absolute Gasteiger partial charge is 0.370 e. The van der Waals surface area contributed by atoms with Gasteiger partial charge < -0.3 is 15.0 Å². The van der Waals surface area contributed by atoms with Gasteiger partial charge in [0.1, 0.15) is 6.61 Å². The van der Waals surface area contributed by atoms with E-state index in [1.54, 1.807) is 4.90 Å². The second-order valence-corrected chi connectivity index (χ2v) is 4.50. The summed E-state index contributed by atoms with van der Waals surface area (Å²) < 4.78 is 5.12. The van der Waals surface area contributed by atoms with Crippen molar-refractivity contribution in [1.29, 1.82) is 0 Å². The minimum absolute atomic E-state index is 0.0189. The van der Waals surface area contributed by atoms with Crippen LogP contribution in [0, 0.1) is 6.92 Å². The number of benzene rings is 1. The Balaban J connectivity index is 2.19. The summed E-state index contributed by atoms with van der Waals surface area (Å²) in [5.74, 6) is -0.0470. The maximum atomic E-state index is 11.8. The minimum Gasteiger partial charge on any atom is -0.370 e. The van der Waals surface area contributed by atoms with Crippen molar-refractivity contribution in [2.75, 3.05) is 30.0 Å². The molecule has 0 saturated carbocycles. The summed E-state index contributed by atoms with van der Waals surface area (Å²) in [7, 11) is 0. The molecule has 0 spiro atoms. The number of carbonyl (C=O) groups excluding carboxylic acids is 2. The van der Waals surface area contributed by atoms with Crippen LogP contribution >= 0.6 is 0 Å². The van der Waals surface area contributed by atoms with E-state index in [-0.39, 0.29) is 18.4 Å². The van der Waals surface area contributed by atoms with Gasteiger partial charge in [0.2, 0.25) is 5.91 Å². The van der Waals surface area contributed by atoms with Crippen molar-refractivity contribution in [3.63, 3.8) is 0 Å². The molecule has 1 fully saturated rings. The van der Waals surface area contributed by atoms with E-state index in [4.69, 9.17) is 4.74 Å². The zero-order valence-corrected chi connectivity index (χ0v) is 11.2. The van der Waals surface area contributed by atoms with E-state index in [0.717, 1.165) is 16.9 Å². The Bertz CT molecular complexity index is 499. The molecule has 2 rings (SSSR count). The number of carbonyl (C=O) groups is 2. The fourth-order valence-electron chi connectivity index (χ4n) is 2.06.